The molecule has 0 atom stereocenters. The smallest absolute Gasteiger partial charge is 0.206 e. The average molecular weight is 290 g/mol. The minimum atomic E-state index is -0.413. The third-order valence-electron chi connectivity index (χ3n) is 2.67. The Balaban J connectivity index is 2.17. The van der Waals surface area contributed by atoms with E-state index in [4.69, 9.17) is 11.6 Å². The van der Waals surface area contributed by atoms with Gasteiger partial charge < -0.3 is 0 Å². The van der Waals surface area contributed by atoms with Crippen molar-refractivity contribution < 1.29 is 4.39 Å². The predicted molar refractivity (Wildman–Crippen MR) is 72.1 cm³/mol. The maximum atomic E-state index is 13.9. The van der Waals surface area contributed by atoms with Gasteiger partial charge in [0.2, 0.25) is 5.28 Å². The third kappa shape index (κ3) is 2.37. The van der Waals surface area contributed by atoms with Crippen molar-refractivity contribution in [2.45, 2.75) is 6.92 Å². The minimum Gasteiger partial charge on any atom is -0.206 e. The molecule has 3 aromatic rings. The summed E-state index contributed by atoms with van der Waals surface area (Å²) in [4.78, 5) is 12.2. The van der Waals surface area contributed by atoms with Gasteiger partial charge in [-0.3, -0.25) is 0 Å². The van der Waals surface area contributed by atoms with Gasteiger partial charge in [0.05, 0.1) is 5.56 Å². The van der Waals surface area contributed by atoms with E-state index in [1.165, 1.54) is 10.7 Å². The molecule has 1 aromatic carbocycles. The lowest BCUT2D eigenvalue weighted by Crippen LogP contribution is -2.05. The van der Waals surface area contributed by atoms with Gasteiger partial charge in [0.25, 0.3) is 5.95 Å². The molecule has 5 nitrogen and oxygen atoms in total. The van der Waals surface area contributed by atoms with Crippen molar-refractivity contribution in [2.75, 3.05) is 0 Å². The summed E-state index contributed by atoms with van der Waals surface area (Å²) >= 11 is 5.88. The van der Waals surface area contributed by atoms with E-state index >= 15 is 0 Å². The first-order valence-electron chi connectivity index (χ1n) is 5.81. The fraction of sp³-hybridized carbons (Fsp3) is 0.0769. The SMILES string of the molecule is Cc1ccc(F)c(-c2nc(Cl)nc(-n3cccn3)n2)c1. The Hall–Kier alpha value is -2.34. The normalized spacial score (nSPS) is 10.8. The highest BCUT2D eigenvalue weighted by Crippen LogP contribution is 2.22. The minimum absolute atomic E-state index is 0.0126. The summed E-state index contributed by atoms with van der Waals surface area (Å²) in [6.07, 6.45) is 3.26. The van der Waals surface area contributed by atoms with Crippen LogP contribution in [-0.4, -0.2) is 24.7 Å². The molecule has 0 aliphatic heterocycles. The zero-order valence-electron chi connectivity index (χ0n) is 10.5. The third-order valence-corrected chi connectivity index (χ3v) is 2.84. The molecule has 0 saturated carbocycles. The molecule has 0 spiro atoms. The van der Waals surface area contributed by atoms with Crippen LogP contribution in [0.15, 0.2) is 36.7 Å². The van der Waals surface area contributed by atoms with Crippen molar-refractivity contribution in [3.8, 4) is 17.3 Å². The Kier molecular flexibility index (Phi) is 3.15. The van der Waals surface area contributed by atoms with Crippen LogP contribution in [-0.2, 0) is 0 Å². The Morgan fingerprint density at radius 2 is 2.05 bits per heavy atom. The topological polar surface area (TPSA) is 56.5 Å². The number of hydrogen-bond donors (Lipinski definition) is 0. The molecule has 0 N–H and O–H groups in total. The molecule has 2 aromatic heterocycles. The fourth-order valence-corrected chi connectivity index (χ4v) is 1.92. The number of aryl methyl sites for hydroxylation is 1. The van der Waals surface area contributed by atoms with Crippen molar-refractivity contribution in [3.63, 3.8) is 0 Å². The average Bonchev–Trinajstić information content (AvgIpc) is 2.95. The van der Waals surface area contributed by atoms with E-state index in [2.05, 4.69) is 20.1 Å². The van der Waals surface area contributed by atoms with Crippen LogP contribution in [0.5, 0.6) is 0 Å². The lowest BCUT2D eigenvalue weighted by Gasteiger charge is -2.06. The molecular weight excluding hydrogens is 281 g/mol. The molecule has 3 rings (SSSR count). The quantitative estimate of drug-likeness (QED) is 0.728. The standard InChI is InChI=1S/C13H9ClFN5/c1-8-3-4-10(15)9(7-8)11-17-12(14)19-13(18-11)20-6-2-5-16-20/h2-7H,1H3. The van der Waals surface area contributed by atoms with E-state index in [0.29, 0.717) is 0 Å². The summed E-state index contributed by atoms with van der Waals surface area (Å²) in [5.41, 5.74) is 1.18. The molecule has 0 saturated heterocycles. The van der Waals surface area contributed by atoms with Crippen LogP contribution in [0.2, 0.25) is 5.28 Å². The van der Waals surface area contributed by atoms with E-state index in [1.54, 1.807) is 30.6 Å². The molecule has 0 unspecified atom stereocenters. The molecule has 0 radical (unpaired) electrons. The van der Waals surface area contributed by atoms with E-state index in [9.17, 15) is 4.39 Å². The predicted octanol–water partition coefficient (Wildman–Crippen LogP) is 2.83. The zero-order valence-corrected chi connectivity index (χ0v) is 11.2. The van der Waals surface area contributed by atoms with Gasteiger partial charge in [-0.2, -0.15) is 20.1 Å². The number of rotatable bonds is 2. The van der Waals surface area contributed by atoms with Gasteiger partial charge in [0.15, 0.2) is 5.82 Å². The number of halogens is 2. The Bertz CT molecular complexity index is 757. The maximum Gasteiger partial charge on any atom is 0.255 e. The highest BCUT2D eigenvalue weighted by atomic mass is 35.5. The van der Waals surface area contributed by atoms with Crippen LogP contribution < -0.4 is 0 Å². The van der Waals surface area contributed by atoms with E-state index < -0.39 is 5.82 Å². The highest BCUT2D eigenvalue weighted by Gasteiger charge is 2.13. The van der Waals surface area contributed by atoms with Crippen LogP contribution in [0.4, 0.5) is 4.39 Å². The zero-order chi connectivity index (χ0) is 14.1. The Morgan fingerprint density at radius 3 is 2.80 bits per heavy atom. The molecule has 100 valence electrons. The second-order valence-electron chi connectivity index (χ2n) is 4.16. The van der Waals surface area contributed by atoms with Crippen LogP contribution in [0.1, 0.15) is 5.56 Å². The number of nitrogens with zero attached hydrogens (tertiary/aromatic N) is 5. The lowest BCUT2D eigenvalue weighted by atomic mass is 10.1. The maximum absolute atomic E-state index is 13.9. The molecule has 0 aliphatic carbocycles. The lowest BCUT2D eigenvalue weighted by molar-refractivity contribution is 0.629. The highest BCUT2D eigenvalue weighted by molar-refractivity contribution is 6.28. The summed E-state index contributed by atoms with van der Waals surface area (Å²) in [5, 5.41) is 4.00. The molecule has 0 amide bonds. The first-order valence-corrected chi connectivity index (χ1v) is 6.19. The molecule has 0 aliphatic rings. The molecule has 0 bridgehead atoms. The number of benzene rings is 1. The summed E-state index contributed by atoms with van der Waals surface area (Å²) in [6, 6.07) is 6.43. The van der Waals surface area contributed by atoms with Crippen LogP contribution in [0.3, 0.4) is 0 Å². The van der Waals surface area contributed by atoms with Gasteiger partial charge in [0.1, 0.15) is 5.82 Å². The van der Waals surface area contributed by atoms with Crippen LogP contribution in [0, 0.1) is 12.7 Å². The first-order chi connectivity index (χ1) is 9.63. The van der Waals surface area contributed by atoms with Gasteiger partial charge in [-0.1, -0.05) is 11.6 Å². The Morgan fingerprint density at radius 1 is 1.20 bits per heavy atom. The van der Waals surface area contributed by atoms with Gasteiger partial charge >= 0.3 is 0 Å². The van der Waals surface area contributed by atoms with E-state index in [0.717, 1.165) is 5.56 Å². The molecular formula is C13H9ClFN5. The van der Waals surface area contributed by atoms with Gasteiger partial charge in [-0.15, -0.1) is 0 Å². The Labute approximate surface area is 119 Å². The van der Waals surface area contributed by atoms with Crippen LogP contribution in [0.25, 0.3) is 17.3 Å². The first kappa shape index (κ1) is 12.7. The largest absolute Gasteiger partial charge is 0.255 e. The molecule has 20 heavy (non-hydrogen) atoms. The monoisotopic (exact) mass is 289 g/mol. The van der Waals surface area contributed by atoms with Gasteiger partial charge in [-0.25, -0.2) is 9.07 Å². The second kappa shape index (κ2) is 4.97. The van der Waals surface area contributed by atoms with E-state index in [1.807, 2.05) is 6.92 Å². The van der Waals surface area contributed by atoms with Gasteiger partial charge in [-0.05, 0) is 36.7 Å². The molecule has 0 fully saturated rings. The fourth-order valence-electron chi connectivity index (χ4n) is 1.76. The van der Waals surface area contributed by atoms with E-state index in [-0.39, 0.29) is 22.6 Å². The van der Waals surface area contributed by atoms with Crippen molar-refractivity contribution in [2.24, 2.45) is 0 Å². The van der Waals surface area contributed by atoms with Crippen LogP contribution >= 0.6 is 11.6 Å². The molecule has 7 heteroatoms. The van der Waals surface area contributed by atoms with Crippen molar-refractivity contribution in [3.05, 3.63) is 53.3 Å². The number of hydrogen-bond acceptors (Lipinski definition) is 4. The number of aromatic nitrogens is 5. The van der Waals surface area contributed by atoms with Crippen molar-refractivity contribution >= 4 is 11.6 Å². The van der Waals surface area contributed by atoms with Crippen molar-refractivity contribution in [1.29, 1.82) is 0 Å². The molecule has 2 heterocycles. The summed E-state index contributed by atoms with van der Waals surface area (Å²) < 4.78 is 15.3. The summed E-state index contributed by atoms with van der Waals surface area (Å²) in [6.45, 7) is 1.86. The summed E-state index contributed by atoms with van der Waals surface area (Å²) in [7, 11) is 0. The van der Waals surface area contributed by atoms with Gasteiger partial charge in [0, 0.05) is 12.4 Å². The summed E-state index contributed by atoms with van der Waals surface area (Å²) in [5.74, 6) is 0.00638. The second-order valence-corrected chi connectivity index (χ2v) is 4.50. The van der Waals surface area contributed by atoms with Crippen molar-refractivity contribution in [1.82, 2.24) is 24.7 Å².